The van der Waals surface area contributed by atoms with Gasteiger partial charge in [0.05, 0.1) is 22.9 Å². The van der Waals surface area contributed by atoms with Gasteiger partial charge in [0.25, 0.3) is 11.8 Å². The first-order valence-electron chi connectivity index (χ1n) is 12.2. The van der Waals surface area contributed by atoms with Gasteiger partial charge in [0.1, 0.15) is 0 Å². The first-order chi connectivity index (χ1) is 16.4. The number of hydrogen-bond donors (Lipinski definition) is 3. The summed E-state index contributed by atoms with van der Waals surface area (Å²) in [6.45, 7) is 5.58. The molecule has 180 valence electrons. The zero-order valence-corrected chi connectivity index (χ0v) is 21.1. The fourth-order valence-corrected chi connectivity index (χ4v) is 6.00. The number of nitrogens with zero attached hydrogens (tertiary/aromatic N) is 2. The number of anilines is 1. The third-order valence-corrected chi connectivity index (χ3v) is 7.80. The number of H-pyrrole nitrogens is 1. The number of rotatable bonds is 5. The van der Waals surface area contributed by atoms with Crippen LogP contribution in [0, 0.1) is 6.92 Å². The van der Waals surface area contributed by atoms with E-state index in [9.17, 15) is 14.7 Å². The molecule has 3 aliphatic heterocycles. The van der Waals surface area contributed by atoms with Crippen LogP contribution in [0.3, 0.4) is 0 Å². The molecule has 0 bridgehead atoms. The number of likely N-dealkylation sites (tertiary alicyclic amines) is 1. The minimum Gasteiger partial charge on any atom is -0.390 e. The van der Waals surface area contributed by atoms with E-state index in [0.717, 1.165) is 58.6 Å². The molecule has 2 aromatic rings. The fourth-order valence-electron chi connectivity index (χ4n) is 5.42. The number of amides is 2. The number of halogens is 1. The molecule has 8 heteroatoms. The lowest BCUT2D eigenvalue weighted by Crippen LogP contribution is -2.44. The Kier molecular flexibility index (Phi) is 6.64. The molecular weight excluding hydrogens is 496 g/mol. The topological polar surface area (TPSA) is 88.7 Å². The van der Waals surface area contributed by atoms with Crippen molar-refractivity contribution in [2.75, 3.05) is 38.0 Å². The van der Waals surface area contributed by atoms with Crippen molar-refractivity contribution >= 4 is 45.1 Å². The first kappa shape index (κ1) is 23.3. The van der Waals surface area contributed by atoms with Crippen LogP contribution in [0.15, 0.2) is 22.7 Å². The third kappa shape index (κ3) is 4.46. The van der Waals surface area contributed by atoms with E-state index in [1.54, 1.807) is 4.90 Å². The number of β-amino-alcohol motifs (C(OH)–C–C–N with tert-alkyl or cyclic N) is 1. The summed E-state index contributed by atoms with van der Waals surface area (Å²) in [6, 6.07) is 5.69. The molecule has 3 aliphatic rings. The second-order valence-corrected chi connectivity index (χ2v) is 10.4. The Morgan fingerprint density at radius 2 is 1.88 bits per heavy atom. The molecule has 34 heavy (non-hydrogen) atoms. The van der Waals surface area contributed by atoms with Crippen molar-refractivity contribution in [3.05, 3.63) is 50.8 Å². The number of aromatic nitrogens is 1. The summed E-state index contributed by atoms with van der Waals surface area (Å²) in [5, 5.41) is 13.6. The van der Waals surface area contributed by atoms with Crippen LogP contribution in [-0.4, -0.2) is 70.5 Å². The first-order valence-corrected chi connectivity index (χ1v) is 12.9. The Hall–Kier alpha value is -2.42. The van der Waals surface area contributed by atoms with Gasteiger partial charge in [-0.05, 0) is 69.5 Å². The number of carbonyl (C=O) groups is 2. The van der Waals surface area contributed by atoms with Gasteiger partial charge in [0, 0.05) is 41.1 Å². The standard InChI is InChI=1S/C26H31BrN4O3/c1-16-22(13-18-24-19(27)7-5-8-21(24)29-25(18)33)28-20-9-6-12-31(26(34)23(16)20)15-17(32)14-30-10-3-2-4-11-30/h5,7-8,13,17,28,32H,2-4,6,9-12,14-15H2,1H3,(H,29,33)/b18-13-/t17-/m0/s1. The molecule has 0 spiro atoms. The maximum atomic E-state index is 13.5. The summed E-state index contributed by atoms with van der Waals surface area (Å²) in [4.78, 5) is 33.7. The monoisotopic (exact) mass is 526 g/mol. The van der Waals surface area contributed by atoms with Gasteiger partial charge in [-0.15, -0.1) is 0 Å². The number of carbonyl (C=O) groups excluding carboxylic acids is 2. The van der Waals surface area contributed by atoms with Gasteiger partial charge in [-0.1, -0.05) is 28.4 Å². The number of piperidine rings is 1. The number of fused-ring (bicyclic) bond motifs is 2. The number of aromatic amines is 1. The lowest BCUT2D eigenvalue weighted by molar-refractivity contribution is -0.110. The Bertz CT molecular complexity index is 1150. The maximum Gasteiger partial charge on any atom is 0.256 e. The highest BCUT2D eigenvalue weighted by molar-refractivity contribution is 9.10. The van der Waals surface area contributed by atoms with Crippen molar-refractivity contribution in [2.45, 2.75) is 45.1 Å². The van der Waals surface area contributed by atoms with Crippen LogP contribution in [0.5, 0.6) is 0 Å². The average Bonchev–Trinajstić information content (AvgIpc) is 3.24. The number of aliphatic hydroxyl groups excluding tert-OH is 1. The molecule has 1 aromatic heterocycles. The van der Waals surface area contributed by atoms with Gasteiger partial charge in [0.2, 0.25) is 0 Å². The van der Waals surface area contributed by atoms with E-state index in [-0.39, 0.29) is 11.8 Å². The molecule has 0 aliphatic carbocycles. The highest BCUT2D eigenvalue weighted by Crippen LogP contribution is 2.39. The third-order valence-electron chi connectivity index (χ3n) is 7.14. The Morgan fingerprint density at radius 1 is 1.09 bits per heavy atom. The van der Waals surface area contributed by atoms with Crippen LogP contribution in [0.1, 0.15) is 58.6 Å². The fraction of sp³-hybridized carbons (Fsp3) is 0.462. The van der Waals surface area contributed by atoms with Crippen LogP contribution in [0.25, 0.3) is 11.6 Å². The van der Waals surface area contributed by atoms with Crippen molar-refractivity contribution in [3.63, 3.8) is 0 Å². The van der Waals surface area contributed by atoms with Crippen molar-refractivity contribution in [1.82, 2.24) is 14.8 Å². The highest BCUT2D eigenvalue weighted by Gasteiger charge is 2.31. The molecule has 3 N–H and O–H groups in total. The normalized spacial score (nSPS) is 20.8. The van der Waals surface area contributed by atoms with Gasteiger partial charge in [0.15, 0.2) is 0 Å². The van der Waals surface area contributed by atoms with Crippen molar-refractivity contribution < 1.29 is 14.7 Å². The Balaban J connectivity index is 1.38. The Morgan fingerprint density at radius 3 is 2.68 bits per heavy atom. The Labute approximate surface area is 208 Å². The lowest BCUT2D eigenvalue weighted by atomic mass is 10.0. The van der Waals surface area contributed by atoms with Gasteiger partial charge in [-0.2, -0.15) is 0 Å². The second kappa shape index (κ2) is 9.68. The molecule has 1 fully saturated rings. The van der Waals surface area contributed by atoms with Gasteiger partial charge in [-0.3, -0.25) is 9.59 Å². The average molecular weight is 527 g/mol. The maximum absolute atomic E-state index is 13.5. The predicted octanol–water partition coefficient (Wildman–Crippen LogP) is 3.81. The highest BCUT2D eigenvalue weighted by atomic mass is 79.9. The largest absolute Gasteiger partial charge is 0.390 e. The molecule has 1 atom stereocenters. The van der Waals surface area contributed by atoms with E-state index in [2.05, 4.69) is 31.1 Å². The summed E-state index contributed by atoms with van der Waals surface area (Å²) in [5.41, 5.74) is 5.41. The molecule has 0 saturated carbocycles. The number of aliphatic hydroxyl groups is 1. The van der Waals surface area contributed by atoms with Gasteiger partial charge >= 0.3 is 0 Å². The van der Waals surface area contributed by atoms with Crippen molar-refractivity contribution in [1.29, 1.82) is 0 Å². The number of aryl methyl sites for hydroxylation is 1. The summed E-state index contributed by atoms with van der Waals surface area (Å²) in [6.07, 6.45) is 6.50. The van der Waals surface area contributed by atoms with Crippen molar-refractivity contribution in [2.24, 2.45) is 0 Å². The van der Waals surface area contributed by atoms with Crippen LogP contribution in [-0.2, 0) is 11.2 Å². The van der Waals surface area contributed by atoms with Crippen LogP contribution >= 0.6 is 15.9 Å². The van der Waals surface area contributed by atoms with E-state index in [1.165, 1.54) is 19.3 Å². The molecule has 1 aromatic carbocycles. The summed E-state index contributed by atoms with van der Waals surface area (Å²) >= 11 is 3.56. The molecule has 2 amide bonds. The summed E-state index contributed by atoms with van der Waals surface area (Å²) in [5.74, 6) is -0.194. The lowest BCUT2D eigenvalue weighted by Gasteiger charge is -2.31. The summed E-state index contributed by atoms with van der Waals surface area (Å²) < 4.78 is 0.852. The molecule has 5 rings (SSSR count). The SMILES string of the molecule is Cc1c(/C=C2\C(=O)Nc3cccc(Br)c32)[nH]c2c1C(=O)N(C[C@@H](O)CN1CCCCC1)CCC2. The molecule has 0 radical (unpaired) electrons. The van der Waals surface area contributed by atoms with E-state index in [4.69, 9.17) is 0 Å². The number of hydrogen-bond acceptors (Lipinski definition) is 4. The van der Waals surface area contributed by atoms with Crippen LogP contribution < -0.4 is 5.32 Å². The predicted molar refractivity (Wildman–Crippen MR) is 137 cm³/mol. The van der Waals surface area contributed by atoms with E-state index >= 15 is 0 Å². The molecule has 4 heterocycles. The van der Waals surface area contributed by atoms with E-state index in [1.807, 2.05) is 31.2 Å². The van der Waals surface area contributed by atoms with Gasteiger partial charge in [-0.25, -0.2) is 0 Å². The molecule has 1 saturated heterocycles. The quantitative estimate of drug-likeness (QED) is 0.516. The van der Waals surface area contributed by atoms with E-state index < -0.39 is 6.10 Å². The van der Waals surface area contributed by atoms with Crippen LogP contribution in [0.2, 0.25) is 0 Å². The zero-order chi connectivity index (χ0) is 23.8. The van der Waals surface area contributed by atoms with Crippen LogP contribution in [0.4, 0.5) is 5.69 Å². The number of benzene rings is 1. The minimum absolute atomic E-state index is 0.0407. The van der Waals surface area contributed by atoms with Gasteiger partial charge < -0.3 is 25.2 Å². The minimum atomic E-state index is -0.555. The second-order valence-electron chi connectivity index (χ2n) is 9.56. The van der Waals surface area contributed by atoms with E-state index in [0.29, 0.717) is 30.8 Å². The summed E-state index contributed by atoms with van der Waals surface area (Å²) in [7, 11) is 0. The molecule has 7 nitrogen and oxygen atoms in total. The molecule has 0 unspecified atom stereocenters. The zero-order valence-electron chi connectivity index (χ0n) is 19.5. The van der Waals surface area contributed by atoms with Crippen molar-refractivity contribution in [3.8, 4) is 0 Å². The smallest absolute Gasteiger partial charge is 0.256 e. The molecular formula is C26H31BrN4O3. The number of nitrogens with one attached hydrogen (secondary N) is 2.